The largest absolute Gasteiger partial charge is 0.324 e. The first kappa shape index (κ1) is 14.0. The van der Waals surface area contributed by atoms with Gasteiger partial charge in [-0.05, 0) is 36.8 Å². The molecule has 21 heavy (non-hydrogen) atoms. The standard InChI is InChI=1S/C17H14ClFN2/c1-10(20)13-9-14(18)11-6-4-8-21-17(11)16(13)12-5-2-3-7-15(12)19/h2-10H,20H2,1H3. The minimum Gasteiger partial charge on any atom is -0.324 e. The Morgan fingerprint density at radius 3 is 2.67 bits per heavy atom. The first-order valence-electron chi connectivity index (χ1n) is 6.67. The molecule has 1 heterocycles. The van der Waals surface area contributed by atoms with Crippen molar-refractivity contribution in [3.63, 3.8) is 0 Å². The molecule has 1 unspecified atom stereocenters. The molecule has 0 aliphatic rings. The van der Waals surface area contributed by atoms with Gasteiger partial charge in [-0.3, -0.25) is 4.98 Å². The van der Waals surface area contributed by atoms with E-state index in [9.17, 15) is 4.39 Å². The quantitative estimate of drug-likeness (QED) is 0.744. The third kappa shape index (κ3) is 2.39. The lowest BCUT2D eigenvalue weighted by molar-refractivity contribution is 0.631. The summed E-state index contributed by atoms with van der Waals surface area (Å²) < 4.78 is 14.2. The Kier molecular flexibility index (Phi) is 3.62. The second-order valence-electron chi connectivity index (χ2n) is 4.99. The number of benzene rings is 2. The van der Waals surface area contributed by atoms with Crippen LogP contribution in [0.1, 0.15) is 18.5 Å². The molecule has 0 bridgehead atoms. The molecule has 0 saturated heterocycles. The van der Waals surface area contributed by atoms with Crippen molar-refractivity contribution in [2.75, 3.05) is 0 Å². The van der Waals surface area contributed by atoms with Crippen LogP contribution in [0.25, 0.3) is 22.0 Å². The number of fused-ring (bicyclic) bond motifs is 1. The minimum atomic E-state index is -0.298. The van der Waals surface area contributed by atoms with Gasteiger partial charge in [-0.1, -0.05) is 29.8 Å². The molecule has 106 valence electrons. The van der Waals surface area contributed by atoms with E-state index in [0.717, 1.165) is 10.9 Å². The van der Waals surface area contributed by atoms with E-state index in [2.05, 4.69) is 4.98 Å². The van der Waals surface area contributed by atoms with Crippen molar-refractivity contribution in [2.24, 2.45) is 5.73 Å². The van der Waals surface area contributed by atoms with E-state index in [1.807, 2.05) is 19.1 Å². The van der Waals surface area contributed by atoms with Gasteiger partial charge >= 0.3 is 0 Å². The molecule has 0 aliphatic heterocycles. The van der Waals surface area contributed by atoms with Gasteiger partial charge in [0, 0.05) is 28.8 Å². The van der Waals surface area contributed by atoms with Crippen molar-refractivity contribution < 1.29 is 4.39 Å². The predicted molar refractivity (Wildman–Crippen MR) is 84.7 cm³/mol. The van der Waals surface area contributed by atoms with Gasteiger partial charge in [-0.25, -0.2) is 4.39 Å². The average Bonchev–Trinajstić information content (AvgIpc) is 2.48. The molecule has 0 radical (unpaired) electrons. The van der Waals surface area contributed by atoms with Crippen molar-refractivity contribution in [3.8, 4) is 11.1 Å². The summed E-state index contributed by atoms with van der Waals surface area (Å²) in [6.45, 7) is 1.85. The molecule has 0 amide bonds. The van der Waals surface area contributed by atoms with Gasteiger partial charge in [0.15, 0.2) is 0 Å². The molecule has 3 rings (SSSR count). The number of rotatable bonds is 2. The molecule has 0 spiro atoms. The molecule has 1 atom stereocenters. The fourth-order valence-electron chi connectivity index (χ4n) is 2.53. The normalized spacial score (nSPS) is 12.6. The van der Waals surface area contributed by atoms with Crippen LogP contribution in [0.3, 0.4) is 0 Å². The molecule has 2 nitrogen and oxygen atoms in total. The zero-order valence-electron chi connectivity index (χ0n) is 11.5. The highest BCUT2D eigenvalue weighted by Crippen LogP contribution is 2.38. The summed E-state index contributed by atoms with van der Waals surface area (Å²) >= 11 is 6.32. The Balaban J connectivity index is 2.47. The molecule has 0 saturated carbocycles. The number of nitrogens with two attached hydrogens (primary N) is 1. The third-order valence-electron chi connectivity index (χ3n) is 3.51. The van der Waals surface area contributed by atoms with Crippen LogP contribution in [0.2, 0.25) is 5.02 Å². The lowest BCUT2D eigenvalue weighted by Gasteiger charge is -2.17. The first-order chi connectivity index (χ1) is 10.1. The topological polar surface area (TPSA) is 38.9 Å². The number of nitrogens with zero attached hydrogens (tertiary/aromatic N) is 1. The zero-order valence-corrected chi connectivity index (χ0v) is 12.2. The van der Waals surface area contributed by atoms with E-state index < -0.39 is 0 Å². The second-order valence-corrected chi connectivity index (χ2v) is 5.40. The van der Waals surface area contributed by atoms with E-state index in [-0.39, 0.29) is 11.9 Å². The number of pyridine rings is 1. The van der Waals surface area contributed by atoms with Crippen LogP contribution in [-0.2, 0) is 0 Å². The smallest absolute Gasteiger partial charge is 0.131 e. The molecular weight excluding hydrogens is 287 g/mol. The maximum absolute atomic E-state index is 14.2. The molecule has 0 fully saturated rings. The Bertz CT molecular complexity index is 815. The summed E-state index contributed by atoms with van der Waals surface area (Å²) in [5, 5.41) is 1.37. The molecule has 3 aromatic rings. The Morgan fingerprint density at radius 1 is 1.19 bits per heavy atom. The maximum atomic E-state index is 14.2. The Labute approximate surface area is 127 Å². The highest BCUT2D eigenvalue weighted by atomic mass is 35.5. The summed E-state index contributed by atoms with van der Waals surface area (Å²) in [7, 11) is 0. The summed E-state index contributed by atoms with van der Waals surface area (Å²) in [5.74, 6) is -0.298. The summed E-state index contributed by atoms with van der Waals surface area (Å²) in [6.07, 6.45) is 1.67. The number of hydrogen-bond donors (Lipinski definition) is 1. The fraction of sp³-hybridized carbons (Fsp3) is 0.118. The van der Waals surface area contributed by atoms with Gasteiger partial charge < -0.3 is 5.73 Å². The van der Waals surface area contributed by atoms with Crippen LogP contribution >= 0.6 is 11.6 Å². The van der Waals surface area contributed by atoms with Crippen LogP contribution in [0, 0.1) is 5.82 Å². The summed E-state index contributed by atoms with van der Waals surface area (Å²) in [4.78, 5) is 4.40. The van der Waals surface area contributed by atoms with Crippen LogP contribution in [0.4, 0.5) is 4.39 Å². The van der Waals surface area contributed by atoms with Crippen molar-refractivity contribution in [1.29, 1.82) is 0 Å². The van der Waals surface area contributed by atoms with E-state index in [0.29, 0.717) is 21.7 Å². The van der Waals surface area contributed by atoms with E-state index in [1.54, 1.807) is 30.5 Å². The van der Waals surface area contributed by atoms with Crippen LogP contribution in [0.15, 0.2) is 48.7 Å². The van der Waals surface area contributed by atoms with Gasteiger partial charge in [0.05, 0.1) is 10.5 Å². The minimum absolute atomic E-state index is 0.275. The average molecular weight is 301 g/mol. The Hall–Kier alpha value is -1.97. The monoisotopic (exact) mass is 300 g/mol. The van der Waals surface area contributed by atoms with Crippen molar-refractivity contribution in [1.82, 2.24) is 4.98 Å². The fourth-order valence-corrected chi connectivity index (χ4v) is 2.80. The van der Waals surface area contributed by atoms with Gasteiger partial charge in [-0.15, -0.1) is 0 Å². The lowest BCUT2D eigenvalue weighted by Crippen LogP contribution is -2.08. The van der Waals surface area contributed by atoms with Crippen LogP contribution < -0.4 is 5.73 Å². The molecule has 2 aromatic carbocycles. The van der Waals surface area contributed by atoms with Crippen molar-refractivity contribution >= 4 is 22.5 Å². The van der Waals surface area contributed by atoms with Gasteiger partial charge in [-0.2, -0.15) is 0 Å². The highest BCUT2D eigenvalue weighted by Gasteiger charge is 2.18. The van der Waals surface area contributed by atoms with Crippen molar-refractivity contribution in [3.05, 3.63) is 65.1 Å². The molecule has 0 aliphatic carbocycles. The van der Waals surface area contributed by atoms with E-state index in [4.69, 9.17) is 17.3 Å². The highest BCUT2D eigenvalue weighted by molar-refractivity contribution is 6.36. The molecule has 2 N–H and O–H groups in total. The Morgan fingerprint density at radius 2 is 1.95 bits per heavy atom. The predicted octanol–water partition coefficient (Wildman–Crippen LogP) is 4.71. The van der Waals surface area contributed by atoms with Crippen molar-refractivity contribution in [2.45, 2.75) is 13.0 Å². The zero-order chi connectivity index (χ0) is 15.0. The number of hydrogen-bond acceptors (Lipinski definition) is 2. The lowest BCUT2D eigenvalue weighted by atomic mass is 9.92. The molecular formula is C17H14ClFN2. The first-order valence-corrected chi connectivity index (χ1v) is 7.05. The van der Waals surface area contributed by atoms with Gasteiger partial charge in [0.1, 0.15) is 5.82 Å². The van der Waals surface area contributed by atoms with E-state index >= 15 is 0 Å². The summed E-state index contributed by atoms with van der Waals surface area (Å²) in [5.41, 5.74) is 8.71. The van der Waals surface area contributed by atoms with Gasteiger partial charge in [0.25, 0.3) is 0 Å². The SMILES string of the molecule is CC(N)c1cc(Cl)c2cccnc2c1-c1ccccc1F. The number of aromatic nitrogens is 1. The van der Waals surface area contributed by atoms with E-state index in [1.165, 1.54) is 6.07 Å². The van der Waals surface area contributed by atoms with Crippen LogP contribution in [0.5, 0.6) is 0 Å². The summed E-state index contributed by atoms with van der Waals surface area (Å²) in [6, 6.07) is 11.8. The van der Waals surface area contributed by atoms with Crippen LogP contribution in [-0.4, -0.2) is 4.98 Å². The third-order valence-corrected chi connectivity index (χ3v) is 3.82. The maximum Gasteiger partial charge on any atom is 0.131 e. The molecule has 4 heteroatoms. The second kappa shape index (κ2) is 5.43. The van der Waals surface area contributed by atoms with Gasteiger partial charge in [0.2, 0.25) is 0 Å². The molecule has 1 aromatic heterocycles. The number of halogens is 2.